The van der Waals surface area contributed by atoms with Crippen molar-refractivity contribution in [3.63, 3.8) is 0 Å². The summed E-state index contributed by atoms with van der Waals surface area (Å²) in [5, 5.41) is 0. The van der Waals surface area contributed by atoms with Crippen molar-refractivity contribution in [2.75, 3.05) is 38.2 Å². The minimum Gasteiger partial charge on any atom is -0.340 e. The Kier molecular flexibility index (Phi) is 6.35. The van der Waals surface area contributed by atoms with Gasteiger partial charge in [0.2, 0.25) is 5.91 Å². The van der Waals surface area contributed by atoms with Crippen molar-refractivity contribution in [3.05, 3.63) is 35.4 Å². The Bertz CT molecular complexity index is 511. The third kappa shape index (κ3) is 5.42. The van der Waals surface area contributed by atoms with Gasteiger partial charge < -0.3 is 4.90 Å². The molecule has 1 aliphatic rings. The van der Waals surface area contributed by atoms with Gasteiger partial charge in [0, 0.05) is 44.9 Å². The van der Waals surface area contributed by atoms with Gasteiger partial charge in [0.1, 0.15) is 0 Å². The molecule has 1 aromatic carbocycles. The summed E-state index contributed by atoms with van der Waals surface area (Å²) in [6.45, 7) is 3.50. The first-order chi connectivity index (χ1) is 10.9. The normalized spacial score (nSPS) is 16.6. The topological polar surface area (TPSA) is 23.6 Å². The minimum atomic E-state index is -4.29. The average molecular weight is 346 g/mol. The Morgan fingerprint density at radius 3 is 2.26 bits per heavy atom. The number of halogens is 3. The fraction of sp³-hybridized carbons (Fsp3) is 0.562. The molecule has 0 aromatic heterocycles. The van der Waals surface area contributed by atoms with E-state index in [1.165, 1.54) is 12.1 Å². The van der Waals surface area contributed by atoms with Gasteiger partial charge in [-0.25, -0.2) is 0 Å². The third-order valence-corrected chi connectivity index (χ3v) is 4.54. The molecular weight excluding hydrogens is 325 g/mol. The van der Waals surface area contributed by atoms with E-state index in [9.17, 15) is 18.0 Å². The molecule has 1 aromatic rings. The highest BCUT2D eigenvalue weighted by Crippen LogP contribution is 2.29. The highest BCUT2D eigenvalue weighted by atomic mass is 32.2. The van der Waals surface area contributed by atoms with E-state index in [-0.39, 0.29) is 5.91 Å². The Morgan fingerprint density at radius 1 is 1.13 bits per heavy atom. The number of piperazine rings is 1. The SMILES string of the molecule is CSCCC(=O)N1CCN(Cc2ccc(C(F)(F)F)cc2)CC1. The molecule has 1 heterocycles. The molecule has 0 aliphatic carbocycles. The first-order valence-electron chi connectivity index (χ1n) is 7.55. The molecule has 0 spiro atoms. The van der Waals surface area contributed by atoms with Crippen LogP contribution < -0.4 is 0 Å². The number of rotatable bonds is 5. The number of amides is 1. The standard InChI is InChI=1S/C16H21F3N2OS/c1-23-11-6-15(22)21-9-7-20(8-10-21)12-13-2-4-14(5-3-13)16(17,18)19/h2-5H,6-12H2,1H3. The summed E-state index contributed by atoms with van der Waals surface area (Å²) in [7, 11) is 0. The average Bonchev–Trinajstić information content (AvgIpc) is 2.53. The van der Waals surface area contributed by atoms with Crippen LogP contribution in [0.5, 0.6) is 0 Å². The summed E-state index contributed by atoms with van der Waals surface area (Å²) in [6, 6.07) is 5.30. The molecule has 23 heavy (non-hydrogen) atoms. The predicted molar refractivity (Wildman–Crippen MR) is 86.3 cm³/mol. The molecular formula is C16H21F3N2OS. The van der Waals surface area contributed by atoms with E-state index in [2.05, 4.69) is 4.90 Å². The highest BCUT2D eigenvalue weighted by Gasteiger charge is 2.30. The Labute approximate surface area is 138 Å². The van der Waals surface area contributed by atoms with E-state index in [1.807, 2.05) is 11.2 Å². The van der Waals surface area contributed by atoms with E-state index < -0.39 is 11.7 Å². The van der Waals surface area contributed by atoms with Gasteiger partial charge in [-0.1, -0.05) is 12.1 Å². The Balaban J connectivity index is 1.81. The zero-order chi connectivity index (χ0) is 16.9. The molecule has 0 saturated carbocycles. The lowest BCUT2D eigenvalue weighted by Crippen LogP contribution is -2.48. The third-order valence-electron chi connectivity index (χ3n) is 3.93. The lowest BCUT2D eigenvalue weighted by Gasteiger charge is -2.34. The summed E-state index contributed by atoms with van der Waals surface area (Å²) in [5.74, 6) is 1.03. The van der Waals surface area contributed by atoms with E-state index >= 15 is 0 Å². The Morgan fingerprint density at radius 2 is 1.74 bits per heavy atom. The van der Waals surface area contributed by atoms with Crippen LogP contribution in [0.25, 0.3) is 0 Å². The molecule has 0 bridgehead atoms. The fourth-order valence-corrected chi connectivity index (χ4v) is 2.94. The van der Waals surface area contributed by atoms with Crippen LogP contribution in [0.3, 0.4) is 0 Å². The lowest BCUT2D eigenvalue weighted by atomic mass is 10.1. The molecule has 1 aliphatic heterocycles. The van der Waals surface area contributed by atoms with Crippen molar-refractivity contribution in [2.24, 2.45) is 0 Å². The van der Waals surface area contributed by atoms with Gasteiger partial charge in [-0.2, -0.15) is 24.9 Å². The molecule has 0 N–H and O–H groups in total. The monoisotopic (exact) mass is 346 g/mol. The number of hydrogen-bond acceptors (Lipinski definition) is 3. The highest BCUT2D eigenvalue weighted by molar-refractivity contribution is 7.98. The number of hydrogen-bond donors (Lipinski definition) is 0. The molecule has 1 saturated heterocycles. The summed E-state index contributed by atoms with van der Waals surface area (Å²) < 4.78 is 37.6. The molecule has 1 amide bonds. The van der Waals surface area contributed by atoms with Gasteiger partial charge in [-0.3, -0.25) is 9.69 Å². The number of benzene rings is 1. The second-order valence-corrected chi connectivity index (χ2v) is 6.58. The van der Waals surface area contributed by atoms with Gasteiger partial charge in [0.05, 0.1) is 5.56 Å². The van der Waals surface area contributed by atoms with Crippen molar-refractivity contribution in [3.8, 4) is 0 Å². The molecule has 0 radical (unpaired) electrons. The first-order valence-corrected chi connectivity index (χ1v) is 8.95. The summed E-state index contributed by atoms with van der Waals surface area (Å²) in [4.78, 5) is 16.0. The van der Waals surface area contributed by atoms with E-state index in [1.54, 1.807) is 11.8 Å². The lowest BCUT2D eigenvalue weighted by molar-refractivity contribution is -0.137. The van der Waals surface area contributed by atoms with Gasteiger partial charge in [0.25, 0.3) is 0 Å². The van der Waals surface area contributed by atoms with Crippen molar-refractivity contribution in [2.45, 2.75) is 19.1 Å². The van der Waals surface area contributed by atoms with Crippen LogP contribution in [-0.2, 0) is 17.5 Å². The number of carbonyl (C=O) groups is 1. The number of carbonyl (C=O) groups excluding carboxylic acids is 1. The number of nitrogens with zero attached hydrogens (tertiary/aromatic N) is 2. The second kappa shape index (κ2) is 8.06. The summed E-state index contributed by atoms with van der Waals surface area (Å²) in [5.41, 5.74) is 0.241. The van der Waals surface area contributed by atoms with Crippen LogP contribution >= 0.6 is 11.8 Å². The largest absolute Gasteiger partial charge is 0.416 e. The quantitative estimate of drug-likeness (QED) is 0.819. The van der Waals surface area contributed by atoms with Gasteiger partial charge in [-0.15, -0.1) is 0 Å². The van der Waals surface area contributed by atoms with Crippen LogP contribution in [0.4, 0.5) is 13.2 Å². The van der Waals surface area contributed by atoms with Crippen LogP contribution in [0.2, 0.25) is 0 Å². The van der Waals surface area contributed by atoms with Gasteiger partial charge in [0.15, 0.2) is 0 Å². The van der Waals surface area contributed by atoms with Crippen molar-refractivity contribution < 1.29 is 18.0 Å². The molecule has 2 rings (SSSR count). The predicted octanol–water partition coefficient (Wildman–Crippen LogP) is 3.10. The maximum atomic E-state index is 12.5. The molecule has 1 fully saturated rings. The minimum absolute atomic E-state index is 0.188. The van der Waals surface area contributed by atoms with E-state index in [4.69, 9.17) is 0 Å². The zero-order valence-electron chi connectivity index (χ0n) is 13.1. The maximum Gasteiger partial charge on any atom is 0.416 e. The molecule has 0 atom stereocenters. The van der Waals surface area contributed by atoms with E-state index in [0.717, 1.165) is 36.5 Å². The molecule has 3 nitrogen and oxygen atoms in total. The van der Waals surface area contributed by atoms with Crippen LogP contribution in [-0.4, -0.2) is 53.9 Å². The van der Waals surface area contributed by atoms with Crippen LogP contribution in [0, 0.1) is 0 Å². The number of thioether (sulfide) groups is 1. The van der Waals surface area contributed by atoms with E-state index in [0.29, 0.717) is 26.1 Å². The first kappa shape index (κ1) is 18.1. The van der Waals surface area contributed by atoms with Crippen LogP contribution in [0.1, 0.15) is 17.5 Å². The number of alkyl halides is 3. The maximum absolute atomic E-state index is 12.5. The molecule has 7 heteroatoms. The van der Waals surface area contributed by atoms with Gasteiger partial charge in [-0.05, 0) is 24.0 Å². The van der Waals surface area contributed by atoms with Crippen molar-refractivity contribution in [1.29, 1.82) is 0 Å². The molecule has 128 valence electrons. The summed E-state index contributed by atoms with van der Waals surface area (Å²) in [6.07, 6.45) is -1.74. The summed E-state index contributed by atoms with van der Waals surface area (Å²) >= 11 is 1.66. The fourth-order valence-electron chi connectivity index (χ4n) is 2.56. The van der Waals surface area contributed by atoms with Gasteiger partial charge >= 0.3 is 6.18 Å². The Hall–Kier alpha value is -1.21. The smallest absolute Gasteiger partial charge is 0.340 e. The van der Waals surface area contributed by atoms with Crippen molar-refractivity contribution >= 4 is 17.7 Å². The van der Waals surface area contributed by atoms with Crippen LogP contribution in [0.15, 0.2) is 24.3 Å². The molecule has 0 unspecified atom stereocenters. The second-order valence-electron chi connectivity index (χ2n) is 5.59. The van der Waals surface area contributed by atoms with Crippen molar-refractivity contribution in [1.82, 2.24) is 9.80 Å². The zero-order valence-corrected chi connectivity index (χ0v) is 13.9.